The van der Waals surface area contributed by atoms with Crippen LogP contribution >= 0.6 is 11.3 Å². The van der Waals surface area contributed by atoms with Crippen molar-refractivity contribution in [3.05, 3.63) is 40.5 Å². The van der Waals surface area contributed by atoms with Crippen molar-refractivity contribution in [3.63, 3.8) is 0 Å². The number of amides is 2. The zero-order chi connectivity index (χ0) is 21.4. The maximum atomic E-state index is 13.5. The summed E-state index contributed by atoms with van der Waals surface area (Å²) in [5, 5.41) is 0.787. The first kappa shape index (κ1) is 19.5. The van der Waals surface area contributed by atoms with Crippen molar-refractivity contribution in [2.45, 2.75) is 56.8 Å². The predicted molar refractivity (Wildman–Crippen MR) is 105 cm³/mol. The lowest BCUT2D eigenvalue weighted by atomic mass is 10.00. The van der Waals surface area contributed by atoms with E-state index in [0.717, 1.165) is 30.0 Å². The number of primary amides is 1. The molecule has 1 saturated heterocycles. The number of benzene rings is 1. The molecular formula is C21H20F3N3O2S. The fraction of sp³-hybridized carbons (Fsp3) is 0.476. The van der Waals surface area contributed by atoms with Crippen LogP contribution in [0, 0.1) is 5.41 Å². The summed E-state index contributed by atoms with van der Waals surface area (Å²) in [4.78, 5) is 32.1. The number of fused-ring (bicyclic) bond motifs is 1. The number of nitrogens with two attached hydrogens (primary N) is 1. The molecule has 1 aromatic carbocycles. The van der Waals surface area contributed by atoms with Crippen molar-refractivity contribution >= 4 is 23.2 Å². The minimum atomic E-state index is -4.47. The van der Waals surface area contributed by atoms with Crippen LogP contribution in [0.15, 0.2) is 24.3 Å². The van der Waals surface area contributed by atoms with Gasteiger partial charge in [-0.2, -0.15) is 13.2 Å². The molecule has 3 aliphatic rings. The highest BCUT2D eigenvalue weighted by atomic mass is 32.1. The number of alkyl halides is 3. The van der Waals surface area contributed by atoms with Crippen molar-refractivity contribution in [1.82, 2.24) is 9.88 Å². The summed E-state index contributed by atoms with van der Waals surface area (Å²) in [6, 6.07) is 4.58. The molecule has 2 heterocycles. The van der Waals surface area contributed by atoms with E-state index in [1.165, 1.54) is 17.4 Å². The molecule has 0 unspecified atom stereocenters. The molecule has 0 bridgehead atoms. The van der Waals surface area contributed by atoms with Gasteiger partial charge in [-0.25, -0.2) is 4.98 Å². The Hall–Kier alpha value is -2.42. The van der Waals surface area contributed by atoms with E-state index in [4.69, 9.17) is 5.73 Å². The lowest BCUT2D eigenvalue weighted by Crippen LogP contribution is -2.37. The zero-order valence-electron chi connectivity index (χ0n) is 16.2. The molecule has 158 valence electrons. The molecule has 2 aliphatic carbocycles. The Morgan fingerprint density at radius 2 is 2.00 bits per heavy atom. The third-order valence-electron chi connectivity index (χ3n) is 6.46. The van der Waals surface area contributed by atoms with Gasteiger partial charge in [0.15, 0.2) is 0 Å². The number of aromatic nitrogens is 1. The van der Waals surface area contributed by atoms with E-state index in [9.17, 15) is 22.8 Å². The van der Waals surface area contributed by atoms with E-state index >= 15 is 0 Å². The van der Waals surface area contributed by atoms with E-state index < -0.39 is 23.1 Å². The molecule has 3 fully saturated rings. The number of piperidine rings is 1. The van der Waals surface area contributed by atoms with Gasteiger partial charge in [0.25, 0.3) is 5.91 Å². The van der Waals surface area contributed by atoms with Crippen LogP contribution in [0.3, 0.4) is 0 Å². The third-order valence-corrected chi connectivity index (χ3v) is 7.72. The summed E-state index contributed by atoms with van der Waals surface area (Å²) < 4.78 is 39.7. The average Bonchev–Trinajstić information content (AvgIpc) is 3.58. The summed E-state index contributed by atoms with van der Waals surface area (Å²) >= 11 is 1.29. The SMILES string of the molecule is C[C@H]1C[C@@]2(C(N)=O)C[C@@H]2N1C(=O)c1nc(C2CC2)sc1-c1cccc(C(F)(F)F)c1. The average molecular weight is 435 g/mol. The first-order valence-electron chi connectivity index (χ1n) is 9.93. The van der Waals surface area contributed by atoms with Gasteiger partial charge in [0, 0.05) is 18.0 Å². The van der Waals surface area contributed by atoms with Gasteiger partial charge in [-0.1, -0.05) is 12.1 Å². The van der Waals surface area contributed by atoms with Crippen LogP contribution in [0.25, 0.3) is 10.4 Å². The van der Waals surface area contributed by atoms with Crippen molar-refractivity contribution in [2.75, 3.05) is 0 Å². The summed E-state index contributed by atoms with van der Waals surface area (Å²) in [7, 11) is 0. The molecule has 0 spiro atoms. The summed E-state index contributed by atoms with van der Waals surface area (Å²) in [5.74, 6) is -0.462. The van der Waals surface area contributed by atoms with E-state index in [2.05, 4.69) is 4.98 Å². The number of rotatable bonds is 4. The number of halogens is 3. The van der Waals surface area contributed by atoms with Gasteiger partial charge in [-0.3, -0.25) is 9.59 Å². The Morgan fingerprint density at radius 1 is 1.27 bits per heavy atom. The lowest BCUT2D eigenvalue weighted by molar-refractivity contribution is -0.137. The second-order valence-electron chi connectivity index (χ2n) is 8.59. The Kier molecular flexibility index (Phi) is 4.10. The van der Waals surface area contributed by atoms with Gasteiger partial charge in [0.2, 0.25) is 5.91 Å². The van der Waals surface area contributed by atoms with Gasteiger partial charge in [-0.15, -0.1) is 11.3 Å². The van der Waals surface area contributed by atoms with Crippen LogP contribution in [0.4, 0.5) is 13.2 Å². The molecule has 9 heteroatoms. The normalized spacial score (nSPS) is 27.8. The van der Waals surface area contributed by atoms with Crippen molar-refractivity contribution in [1.29, 1.82) is 0 Å². The number of carbonyl (C=O) groups excluding carboxylic acids is 2. The second-order valence-corrected chi connectivity index (χ2v) is 9.62. The van der Waals surface area contributed by atoms with Crippen LogP contribution in [0.5, 0.6) is 0 Å². The summed E-state index contributed by atoms with van der Waals surface area (Å²) in [6.07, 6.45) is -1.48. The standard InChI is InChI=1S/C21H20F3N3O2S/c1-10-8-20(19(25)29)9-14(20)27(10)18(28)15-16(30-17(26-15)11-5-6-11)12-3-2-4-13(7-12)21(22,23)24/h2-4,7,10-11,14H,5-6,8-9H2,1H3,(H2,25,29)/t10-,14-,20+/m0/s1. The highest BCUT2D eigenvalue weighted by Crippen LogP contribution is 2.59. The van der Waals surface area contributed by atoms with Crippen LogP contribution in [0.2, 0.25) is 0 Å². The number of carbonyl (C=O) groups is 2. The Bertz CT molecular complexity index is 1060. The molecule has 3 atom stereocenters. The van der Waals surface area contributed by atoms with Gasteiger partial charge >= 0.3 is 6.18 Å². The number of thiazole rings is 1. The minimum absolute atomic E-state index is 0.177. The van der Waals surface area contributed by atoms with E-state index in [1.54, 1.807) is 11.0 Å². The smallest absolute Gasteiger partial charge is 0.369 e. The topological polar surface area (TPSA) is 76.3 Å². The van der Waals surface area contributed by atoms with Crippen LogP contribution in [0.1, 0.15) is 59.6 Å². The van der Waals surface area contributed by atoms with Gasteiger partial charge in [-0.05, 0) is 50.3 Å². The van der Waals surface area contributed by atoms with E-state index in [1.807, 2.05) is 6.92 Å². The number of hydrogen-bond acceptors (Lipinski definition) is 4. The molecule has 2 aromatic rings. The quantitative estimate of drug-likeness (QED) is 0.783. The molecule has 0 radical (unpaired) electrons. The van der Waals surface area contributed by atoms with Crippen molar-refractivity contribution in [2.24, 2.45) is 11.1 Å². The highest BCUT2D eigenvalue weighted by molar-refractivity contribution is 7.15. The Labute approximate surface area is 175 Å². The molecule has 2 amide bonds. The van der Waals surface area contributed by atoms with Crippen LogP contribution in [-0.2, 0) is 11.0 Å². The number of likely N-dealkylation sites (tertiary alicyclic amines) is 1. The minimum Gasteiger partial charge on any atom is -0.369 e. The first-order valence-corrected chi connectivity index (χ1v) is 10.7. The molecule has 5 rings (SSSR count). The summed E-state index contributed by atoms with van der Waals surface area (Å²) in [6.45, 7) is 1.87. The van der Waals surface area contributed by atoms with E-state index in [0.29, 0.717) is 23.3 Å². The predicted octanol–water partition coefficient (Wildman–Crippen LogP) is 4.18. The fourth-order valence-corrected chi connectivity index (χ4v) is 5.87. The van der Waals surface area contributed by atoms with Crippen molar-refractivity contribution in [3.8, 4) is 10.4 Å². The Balaban J connectivity index is 1.55. The Morgan fingerprint density at radius 3 is 2.60 bits per heavy atom. The van der Waals surface area contributed by atoms with Gasteiger partial charge in [0.1, 0.15) is 5.69 Å². The monoisotopic (exact) mass is 435 g/mol. The number of nitrogens with zero attached hydrogens (tertiary/aromatic N) is 2. The van der Waals surface area contributed by atoms with E-state index in [-0.39, 0.29) is 29.6 Å². The molecule has 1 aliphatic heterocycles. The van der Waals surface area contributed by atoms with Crippen molar-refractivity contribution < 1.29 is 22.8 Å². The third kappa shape index (κ3) is 2.93. The molecule has 5 nitrogen and oxygen atoms in total. The van der Waals surface area contributed by atoms with Crippen LogP contribution < -0.4 is 5.73 Å². The summed E-state index contributed by atoms with van der Waals surface area (Å²) in [5.41, 5.74) is 4.66. The largest absolute Gasteiger partial charge is 0.416 e. The van der Waals surface area contributed by atoms with Gasteiger partial charge < -0.3 is 10.6 Å². The molecule has 2 N–H and O–H groups in total. The zero-order valence-corrected chi connectivity index (χ0v) is 17.0. The fourth-order valence-electron chi connectivity index (χ4n) is 4.65. The molecule has 1 aromatic heterocycles. The number of hydrogen-bond donors (Lipinski definition) is 1. The maximum Gasteiger partial charge on any atom is 0.416 e. The first-order chi connectivity index (χ1) is 14.1. The highest BCUT2D eigenvalue weighted by Gasteiger charge is 2.68. The van der Waals surface area contributed by atoms with Crippen LogP contribution in [-0.4, -0.2) is 33.8 Å². The lowest BCUT2D eigenvalue weighted by Gasteiger charge is -2.24. The maximum absolute atomic E-state index is 13.5. The van der Waals surface area contributed by atoms with Gasteiger partial charge in [0.05, 0.1) is 20.9 Å². The second kappa shape index (κ2) is 6.29. The molecule has 30 heavy (non-hydrogen) atoms. The molecular weight excluding hydrogens is 415 g/mol. The molecule has 2 saturated carbocycles.